The van der Waals surface area contributed by atoms with Crippen LogP contribution in [-0.4, -0.2) is 19.0 Å². The number of ether oxygens (including phenoxy) is 1. The molecule has 2 rings (SSSR count). The van der Waals surface area contributed by atoms with Gasteiger partial charge < -0.3 is 21.5 Å². The van der Waals surface area contributed by atoms with Crippen LogP contribution in [0.5, 0.6) is 0 Å². The summed E-state index contributed by atoms with van der Waals surface area (Å²) < 4.78 is 4.63. The molecule has 21 heavy (non-hydrogen) atoms. The summed E-state index contributed by atoms with van der Waals surface area (Å²) in [6.45, 7) is 0. The Bertz CT molecular complexity index is 698. The van der Waals surface area contributed by atoms with E-state index in [9.17, 15) is 9.59 Å². The molecule has 2 aromatic carbocycles. The lowest BCUT2D eigenvalue weighted by atomic mass is 10.1. The van der Waals surface area contributed by atoms with Crippen LogP contribution in [0.2, 0.25) is 0 Å². The smallest absolute Gasteiger partial charge is 0.337 e. The monoisotopic (exact) mass is 285 g/mol. The third-order valence-corrected chi connectivity index (χ3v) is 2.86. The van der Waals surface area contributed by atoms with Crippen LogP contribution < -0.4 is 16.8 Å². The van der Waals surface area contributed by atoms with Gasteiger partial charge in [-0.15, -0.1) is 0 Å². The lowest BCUT2D eigenvalue weighted by Gasteiger charge is -2.09. The molecular weight excluding hydrogens is 270 g/mol. The number of benzene rings is 2. The molecule has 0 heterocycles. The molecular formula is C15H15N3O3. The maximum absolute atomic E-state index is 12.1. The molecule has 0 unspecified atom stereocenters. The number of esters is 1. The van der Waals surface area contributed by atoms with Crippen LogP contribution in [-0.2, 0) is 4.74 Å². The van der Waals surface area contributed by atoms with E-state index in [1.165, 1.54) is 19.2 Å². The van der Waals surface area contributed by atoms with Crippen molar-refractivity contribution in [1.29, 1.82) is 0 Å². The molecule has 0 bridgehead atoms. The van der Waals surface area contributed by atoms with Crippen molar-refractivity contribution in [2.45, 2.75) is 0 Å². The number of amides is 1. The number of methoxy groups -OCH3 is 1. The zero-order chi connectivity index (χ0) is 15.4. The quantitative estimate of drug-likeness (QED) is 0.589. The highest BCUT2D eigenvalue weighted by atomic mass is 16.5. The zero-order valence-corrected chi connectivity index (χ0v) is 11.4. The Labute approximate surface area is 121 Å². The number of carbonyl (C=O) groups is 2. The minimum atomic E-state index is -0.474. The Kier molecular flexibility index (Phi) is 4.08. The van der Waals surface area contributed by atoms with Crippen molar-refractivity contribution in [3.05, 3.63) is 53.6 Å². The molecule has 6 nitrogen and oxygen atoms in total. The van der Waals surface area contributed by atoms with Gasteiger partial charge in [-0.25, -0.2) is 4.79 Å². The SMILES string of the molecule is COC(=O)c1cccc(NC(=O)c2ccc(N)cc2N)c1. The fraction of sp³-hybridized carbons (Fsp3) is 0.0667. The summed E-state index contributed by atoms with van der Waals surface area (Å²) in [5.74, 6) is -0.854. The van der Waals surface area contributed by atoms with E-state index in [0.29, 0.717) is 22.5 Å². The fourth-order valence-corrected chi connectivity index (χ4v) is 1.83. The maximum atomic E-state index is 12.1. The number of anilines is 3. The van der Waals surface area contributed by atoms with Crippen LogP contribution in [0.1, 0.15) is 20.7 Å². The molecule has 0 spiro atoms. The van der Waals surface area contributed by atoms with Gasteiger partial charge in [0.15, 0.2) is 0 Å². The van der Waals surface area contributed by atoms with Crippen molar-refractivity contribution in [2.75, 3.05) is 23.9 Å². The number of nitrogens with one attached hydrogen (secondary N) is 1. The average molecular weight is 285 g/mol. The van der Waals surface area contributed by atoms with Gasteiger partial charge in [0.1, 0.15) is 0 Å². The van der Waals surface area contributed by atoms with Crippen LogP contribution >= 0.6 is 0 Å². The highest BCUT2D eigenvalue weighted by molar-refractivity contribution is 6.08. The number of carbonyl (C=O) groups excluding carboxylic acids is 2. The summed E-state index contributed by atoms with van der Waals surface area (Å²) >= 11 is 0. The first-order valence-corrected chi connectivity index (χ1v) is 6.16. The van der Waals surface area contributed by atoms with Gasteiger partial charge in [0.2, 0.25) is 0 Å². The summed E-state index contributed by atoms with van der Waals surface area (Å²) in [6, 6.07) is 11.1. The van der Waals surface area contributed by atoms with Gasteiger partial charge in [-0.05, 0) is 36.4 Å². The van der Waals surface area contributed by atoms with E-state index in [1.54, 1.807) is 30.3 Å². The number of rotatable bonds is 3. The van der Waals surface area contributed by atoms with E-state index >= 15 is 0 Å². The van der Waals surface area contributed by atoms with Crippen molar-refractivity contribution in [1.82, 2.24) is 0 Å². The maximum Gasteiger partial charge on any atom is 0.337 e. The molecule has 0 aliphatic heterocycles. The van der Waals surface area contributed by atoms with Gasteiger partial charge in [-0.1, -0.05) is 6.07 Å². The molecule has 0 aliphatic rings. The largest absolute Gasteiger partial charge is 0.465 e. The predicted molar refractivity (Wildman–Crippen MR) is 81.0 cm³/mol. The standard InChI is InChI=1S/C15H15N3O3/c1-21-15(20)9-3-2-4-11(7-9)18-14(19)12-6-5-10(16)8-13(12)17/h2-8H,16-17H2,1H3,(H,18,19). The first-order valence-electron chi connectivity index (χ1n) is 6.16. The molecule has 108 valence electrons. The average Bonchev–Trinajstić information content (AvgIpc) is 2.46. The summed E-state index contributed by atoms with van der Waals surface area (Å²) in [7, 11) is 1.29. The van der Waals surface area contributed by atoms with E-state index in [-0.39, 0.29) is 11.6 Å². The van der Waals surface area contributed by atoms with Crippen molar-refractivity contribution in [2.24, 2.45) is 0 Å². The summed E-state index contributed by atoms with van der Waals surface area (Å²) in [5.41, 5.74) is 13.2. The van der Waals surface area contributed by atoms with Gasteiger partial charge in [-0.2, -0.15) is 0 Å². The zero-order valence-electron chi connectivity index (χ0n) is 11.4. The first-order chi connectivity index (χ1) is 10.0. The summed E-state index contributed by atoms with van der Waals surface area (Å²) in [5, 5.41) is 2.67. The molecule has 2 aromatic rings. The molecule has 0 saturated heterocycles. The molecule has 0 fully saturated rings. The molecule has 0 aromatic heterocycles. The first kappa shape index (κ1) is 14.4. The normalized spacial score (nSPS) is 9.95. The van der Waals surface area contributed by atoms with Crippen LogP contribution in [0.4, 0.5) is 17.1 Å². The number of nitrogen functional groups attached to an aromatic ring is 2. The summed E-state index contributed by atoms with van der Waals surface area (Å²) in [6.07, 6.45) is 0. The van der Waals surface area contributed by atoms with E-state index in [1.807, 2.05) is 0 Å². The Balaban J connectivity index is 2.21. The molecule has 0 saturated carbocycles. The van der Waals surface area contributed by atoms with Gasteiger partial charge in [0, 0.05) is 17.1 Å². The topological polar surface area (TPSA) is 107 Å². The Hall–Kier alpha value is -3.02. The second kappa shape index (κ2) is 5.96. The lowest BCUT2D eigenvalue weighted by molar-refractivity contribution is 0.0600. The molecule has 1 amide bonds. The predicted octanol–water partition coefficient (Wildman–Crippen LogP) is 1.89. The van der Waals surface area contributed by atoms with Gasteiger partial charge in [-0.3, -0.25) is 4.79 Å². The van der Waals surface area contributed by atoms with Crippen LogP contribution in [0.3, 0.4) is 0 Å². The van der Waals surface area contributed by atoms with Gasteiger partial charge in [0.25, 0.3) is 5.91 Å². The lowest BCUT2D eigenvalue weighted by Crippen LogP contribution is -2.14. The minimum absolute atomic E-state index is 0.289. The van der Waals surface area contributed by atoms with Crippen molar-refractivity contribution in [3.8, 4) is 0 Å². The molecule has 0 atom stereocenters. The highest BCUT2D eigenvalue weighted by Gasteiger charge is 2.11. The molecule has 0 radical (unpaired) electrons. The van der Waals surface area contributed by atoms with Crippen molar-refractivity contribution in [3.63, 3.8) is 0 Å². The highest BCUT2D eigenvalue weighted by Crippen LogP contribution is 2.18. The van der Waals surface area contributed by atoms with Gasteiger partial charge in [0.05, 0.1) is 18.2 Å². The number of nitrogens with two attached hydrogens (primary N) is 2. The Morgan fingerprint density at radius 1 is 1.10 bits per heavy atom. The number of hydrogen-bond donors (Lipinski definition) is 3. The van der Waals surface area contributed by atoms with E-state index in [0.717, 1.165) is 0 Å². The third-order valence-electron chi connectivity index (χ3n) is 2.86. The van der Waals surface area contributed by atoms with Crippen LogP contribution in [0.15, 0.2) is 42.5 Å². The third kappa shape index (κ3) is 3.30. The molecule has 0 aliphatic carbocycles. The fourth-order valence-electron chi connectivity index (χ4n) is 1.83. The second-order valence-corrected chi connectivity index (χ2v) is 4.37. The Morgan fingerprint density at radius 3 is 2.52 bits per heavy atom. The van der Waals surface area contributed by atoms with Gasteiger partial charge >= 0.3 is 5.97 Å². The summed E-state index contributed by atoms with van der Waals surface area (Å²) in [4.78, 5) is 23.6. The molecule has 6 heteroatoms. The molecule has 5 N–H and O–H groups in total. The number of hydrogen-bond acceptors (Lipinski definition) is 5. The Morgan fingerprint density at radius 2 is 1.86 bits per heavy atom. The van der Waals surface area contributed by atoms with E-state index in [4.69, 9.17) is 11.5 Å². The van der Waals surface area contributed by atoms with Crippen molar-refractivity contribution < 1.29 is 14.3 Å². The van der Waals surface area contributed by atoms with E-state index in [2.05, 4.69) is 10.1 Å². The second-order valence-electron chi connectivity index (χ2n) is 4.37. The van der Waals surface area contributed by atoms with Crippen molar-refractivity contribution >= 4 is 28.9 Å². The van der Waals surface area contributed by atoms with E-state index < -0.39 is 5.97 Å². The van der Waals surface area contributed by atoms with Crippen LogP contribution in [0.25, 0.3) is 0 Å². The van der Waals surface area contributed by atoms with Crippen LogP contribution in [0, 0.1) is 0 Å². The minimum Gasteiger partial charge on any atom is -0.465 e.